The first-order valence-electron chi connectivity index (χ1n) is 11.9. The van der Waals surface area contributed by atoms with Crippen LogP contribution in [0.15, 0.2) is 48.5 Å². The molecule has 0 aliphatic carbocycles. The number of nitrogens with two attached hydrogens (primary N) is 1. The highest BCUT2D eigenvalue weighted by Crippen LogP contribution is 2.19. The number of aliphatic carboxylic acids is 1. The second kappa shape index (κ2) is 12.5. The van der Waals surface area contributed by atoms with Crippen LogP contribution in [0.5, 0.6) is 5.75 Å². The summed E-state index contributed by atoms with van der Waals surface area (Å²) in [5, 5.41) is 28.9. The number of phenolic OH excluding ortho intramolecular Hbond substituents is 1. The molecule has 1 saturated heterocycles. The number of aromatic hydroxyl groups is 1. The molecule has 206 valence electrons. The Kier molecular flexibility index (Phi) is 9.20. The number of carboxylic acids is 1. The normalized spacial score (nSPS) is 15.8. The highest BCUT2D eigenvalue weighted by Gasteiger charge is 2.41. The monoisotopic (exact) mass is 539 g/mol. The zero-order valence-electron chi connectivity index (χ0n) is 21.1. The van der Waals surface area contributed by atoms with Gasteiger partial charge >= 0.3 is 11.9 Å². The molecule has 2 aromatic carbocycles. The molecule has 0 unspecified atom stereocenters. The number of carboxylic acid groups (broad SMARTS) is 1. The second-order valence-electron chi connectivity index (χ2n) is 8.87. The van der Waals surface area contributed by atoms with Crippen molar-refractivity contribution in [1.29, 1.82) is 5.41 Å². The number of phenols is 1. The van der Waals surface area contributed by atoms with Gasteiger partial charge in [0.05, 0.1) is 13.5 Å². The van der Waals surface area contributed by atoms with E-state index in [0.29, 0.717) is 11.1 Å². The number of piperazine rings is 1. The highest BCUT2D eigenvalue weighted by atomic mass is 16.5. The summed E-state index contributed by atoms with van der Waals surface area (Å²) in [6.07, 6.45) is -0.506. The highest BCUT2D eigenvalue weighted by molar-refractivity contribution is 6.01. The maximum absolute atomic E-state index is 13.8. The van der Waals surface area contributed by atoms with Crippen LogP contribution in [0, 0.1) is 5.41 Å². The molecule has 0 aromatic heterocycles. The van der Waals surface area contributed by atoms with Crippen molar-refractivity contribution in [3.63, 3.8) is 0 Å². The van der Waals surface area contributed by atoms with Crippen molar-refractivity contribution in [3.8, 4) is 5.75 Å². The minimum Gasteiger partial charge on any atom is -0.508 e. The quantitative estimate of drug-likeness (QED) is 0.153. The van der Waals surface area contributed by atoms with Gasteiger partial charge in [0.25, 0.3) is 5.91 Å². The number of benzene rings is 2. The SMILES string of the molecule is COC(=O)C[C@H]1C(=O)N(CC(=O)O)CCN1C(=O)[C@@H](Cc1ccc(O)cc1)NC(=O)c1ccc(C(=N)N)cc1. The van der Waals surface area contributed by atoms with Crippen molar-refractivity contribution < 1.29 is 38.9 Å². The van der Waals surface area contributed by atoms with Gasteiger partial charge in [-0.2, -0.15) is 0 Å². The summed E-state index contributed by atoms with van der Waals surface area (Å²) < 4.78 is 4.68. The molecule has 0 radical (unpaired) electrons. The van der Waals surface area contributed by atoms with Crippen molar-refractivity contribution in [2.75, 3.05) is 26.7 Å². The summed E-state index contributed by atoms with van der Waals surface area (Å²) in [4.78, 5) is 65.5. The van der Waals surface area contributed by atoms with Crippen molar-refractivity contribution in [3.05, 3.63) is 65.2 Å². The lowest BCUT2D eigenvalue weighted by Gasteiger charge is -2.41. The number of nitrogens with zero attached hydrogens (tertiary/aromatic N) is 2. The minimum atomic E-state index is -1.33. The Morgan fingerprint density at radius 1 is 1.08 bits per heavy atom. The van der Waals surface area contributed by atoms with Crippen molar-refractivity contribution in [2.24, 2.45) is 5.73 Å². The van der Waals surface area contributed by atoms with Gasteiger partial charge in [0.2, 0.25) is 11.8 Å². The van der Waals surface area contributed by atoms with Crippen molar-refractivity contribution in [2.45, 2.75) is 24.9 Å². The predicted molar refractivity (Wildman–Crippen MR) is 137 cm³/mol. The fourth-order valence-electron chi connectivity index (χ4n) is 4.17. The smallest absolute Gasteiger partial charge is 0.323 e. The van der Waals surface area contributed by atoms with Gasteiger partial charge < -0.3 is 35.8 Å². The number of hydrogen-bond acceptors (Lipinski definition) is 8. The van der Waals surface area contributed by atoms with Crippen LogP contribution in [-0.2, 0) is 30.3 Å². The van der Waals surface area contributed by atoms with E-state index >= 15 is 0 Å². The summed E-state index contributed by atoms with van der Waals surface area (Å²) in [7, 11) is 1.13. The van der Waals surface area contributed by atoms with E-state index in [1.165, 1.54) is 36.4 Å². The molecule has 13 heteroatoms. The lowest BCUT2D eigenvalue weighted by atomic mass is 10.0. The van der Waals surface area contributed by atoms with E-state index < -0.39 is 54.7 Å². The van der Waals surface area contributed by atoms with E-state index in [2.05, 4.69) is 10.1 Å². The Labute approximate surface area is 223 Å². The molecular weight excluding hydrogens is 510 g/mol. The number of ether oxygens (including phenoxy) is 1. The van der Waals surface area contributed by atoms with Crippen LogP contribution >= 0.6 is 0 Å². The van der Waals surface area contributed by atoms with Crippen LogP contribution in [0.4, 0.5) is 0 Å². The number of carbonyl (C=O) groups is 5. The third-order valence-electron chi connectivity index (χ3n) is 6.22. The predicted octanol–water partition coefficient (Wildman–Crippen LogP) is -0.296. The molecule has 39 heavy (non-hydrogen) atoms. The molecule has 3 rings (SSSR count). The standard InChI is InChI=1S/C26H29N5O8/c1-39-22(35)13-20-26(38)30(14-21(33)34)10-11-31(20)25(37)19(12-15-2-8-18(32)9-3-15)29-24(36)17-6-4-16(5-7-17)23(27)28/h2-9,19-20,32H,10-14H2,1H3,(H3,27,28)(H,29,36)(H,33,34)/t19-,20+/m1/s1. The summed E-state index contributed by atoms with van der Waals surface area (Å²) in [5.41, 5.74) is 6.66. The van der Waals surface area contributed by atoms with Gasteiger partial charge in [-0.3, -0.25) is 29.4 Å². The maximum atomic E-state index is 13.8. The van der Waals surface area contributed by atoms with Crippen LogP contribution in [0.25, 0.3) is 0 Å². The molecule has 13 nitrogen and oxygen atoms in total. The topological polar surface area (TPSA) is 203 Å². The number of nitrogens with one attached hydrogen (secondary N) is 2. The summed E-state index contributed by atoms with van der Waals surface area (Å²) in [6.45, 7) is -0.752. The number of rotatable bonds is 10. The fourth-order valence-corrected chi connectivity index (χ4v) is 4.17. The number of hydrogen-bond donors (Lipinski definition) is 5. The number of carbonyl (C=O) groups excluding carboxylic acids is 4. The van der Waals surface area contributed by atoms with Gasteiger partial charge in [0.15, 0.2) is 0 Å². The molecule has 1 heterocycles. The Balaban J connectivity index is 1.91. The lowest BCUT2D eigenvalue weighted by molar-refractivity contribution is -0.159. The molecule has 1 aliphatic rings. The lowest BCUT2D eigenvalue weighted by Crippen LogP contribution is -2.63. The van der Waals surface area contributed by atoms with E-state index in [4.69, 9.17) is 16.2 Å². The molecule has 2 aromatic rings. The average Bonchev–Trinajstić information content (AvgIpc) is 2.91. The van der Waals surface area contributed by atoms with Gasteiger partial charge in [-0.05, 0) is 29.8 Å². The third kappa shape index (κ3) is 7.31. The van der Waals surface area contributed by atoms with Gasteiger partial charge in [-0.15, -0.1) is 0 Å². The molecular formula is C26H29N5O8. The van der Waals surface area contributed by atoms with Crippen LogP contribution in [0.2, 0.25) is 0 Å². The van der Waals surface area contributed by atoms with Crippen LogP contribution < -0.4 is 11.1 Å². The Bertz CT molecular complexity index is 1260. The van der Waals surface area contributed by atoms with Crippen molar-refractivity contribution >= 4 is 35.5 Å². The zero-order valence-corrected chi connectivity index (χ0v) is 21.1. The Morgan fingerprint density at radius 3 is 2.26 bits per heavy atom. The molecule has 0 spiro atoms. The van der Waals surface area contributed by atoms with E-state index in [1.54, 1.807) is 12.1 Å². The molecule has 1 fully saturated rings. The number of nitrogen functional groups attached to an aromatic ring is 1. The molecule has 1 aliphatic heterocycles. The summed E-state index contributed by atoms with van der Waals surface area (Å²) in [6, 6.07) is 9.35. The van der Waals surface area contributed by atoms with Gasteiger partial charge in [0.1, 0.15) is 30.2 Å². The van der Waals surface area contributed by atoms with Crippen LogP contribution in [0.3, 0.4) is 0 Å². The van der Waals surface area contributed by atoms with E-state index in [9.17, 15) is 29.1 Å². The van der Waals surface area contributed by atoms with E-state index in [-0.39, 0.29) is 36.7 Å². The number of esters is 1. The van der Waals surface area contributed by atoms with Crippen LogP contribution in [0.1, 0.15) is 27.9 Å². The van der Waals surface area contributed by atoms with Gasteiger partial charge in [0, 0.05) is 30.6 Å². The van der Waals surface area contributed by atoms with E-state index in [1.807, 2.05) is 0 Å². The number of methoxy groups -OCH3 is 1. The first-order valence-corrected chi connectivity index (χ1v) is 11.9. The van der Waals surface area contributed by atoms with Crippen LogP contribution in [-0.4, -0.2) is 94.3 Å². The first kappa shape index (κ1) is 28.6. The molecule has 6 N–H and O–H groups in total. The molecule has 2 atom stereocenters. The Hall–Kier alpha value is -4.94. The van der Waals surface area contributed by atoms with E-state index in [0.717, 1.165) is 16.9 Å². The Morgan fingerprint density at radius 2 is 1.69 bits per heavy atom. The second-order valence-corrected chi connectivity index (χ2v) is 8.87. The fraction of sp³-hybridized carbons (Fsp3) is 0.308. The zero-order chi connectivity index (χ0) is 28.7. The third-order valence-corrected chi connectivity index (χ3v) is 6.22. The summed E-state index contributed by atoms with van der Waals surface area (Å²) >= 11 is 0. The maximum Gasteiger partial charge on any atom is 0.323 e. The molecule has 3 amide bonds. The summed E-state index contributed by atoms with van der Waals surface area (Å²) in [5.74, 6) is -4.17. The number of amides is 3. The largest absolute Gasteiger partial charge is 0.508 e. The average molecular weight is 540 g/mol. The minimum absolute atomic E-state index is 0.00881. The van der Waals surface area contributed by atoms with Gasteiger partial charge in [-0.25, -0.2) is 0 Å². The first-order chi connectivity index (χ1) is 18.5. The molecule has 0 saturated carbocycles. The number of amidine groups is 1. The van der Waals surface area contributed by atoms with Gasteiger partial charge in [-0.1, -0.05) is 24.3 Å². The molecule has 0 bridgehead atoms. The van der Waals surface area contributed by atoms with Crippen molar-refractivity contribution in [1.82, 2.24) is 15.1 Å².